The molecule has 138 valence electrons. The molecular formula is C18H20F2N4O2. The van der Waals surface area contributed by atoms with Crippen LogP contribution in [0.4, 0.5) is 8.78 Å². The van der Waals surface area contributed by atoms with Gasteiger partial charge in [0.15, 0.2) is 11.6 Å². The summed E-state index contributed by atoms with van der Waals surface area (Å²) < 4.78 is 32.8. The van der Waals surface area contributed by atoms with Crippen LogP contribution in [0.2, 0.25) is 0 Å². The number of nitrogens with zero attached hydrogens (tertiary/aromatic N) is 1. The first-order valence-corrected chi connectivity index (χ1v) is 8.13. The highest BCUT2D eigenvalue weighted by Gasteiger charge is 2.28. The quantitative estimate of drug-likeness (QED) is 0.384. The van der Waals surface area contributed by atoms with Crippen LogP contribution in [0.1, 0.15) is 12.5 Å². The van der Waals surface area contributed by atoms with Gasteiger partial charge in [-0.25, -0.2) is 8.78 Å². The average Bonchev–Trinajstić information content (AvgIpc) is 3.04. The lowest BCUT2D eigenvalue weighted by atomic mass is 10.0. The topological polar surface area (TPSA) is 82.2 Å². The number of rotatable bonds is 7. The smallest absolute Gasteiger partial charge is 0.168 e. The fourth-order valence-electron chi connectivity index (χ4n) is 2.64. The molecule has 26 heavy (non-hydrogen) atoms. The molecule has 1 unspecified atom stereocenters. The van der Waals surface area contributed by atoms with E-state index in [2.05, 4.69) is 20.8 Å². The molecule has 1 heterocycles. The minimum absolute atomic E-state index is 0.137. The molecule has 0 bridgehead atoms. The summed E-state index contributed by atoms with van der Waals surface area (Å²) in [6, 6.07) is 6.39. The van der Waals surface area contributed by atoms with Gasteiger partial charge in [0.2, 0.25) is 0 Å². The van der Waals surface area contributed by atoms with Crippen molar-refractivity contribution in [3.05, 3.63) is 53.7 Å². The number of likely N-dealkylation sites (N-methyl/N-ethyl adjacent to an activating group) is 1. The van der Waals surface area contributed by atoms with Crippen molar-refractivity contribution in [2.75, 3.05) is 20.1 Å². The van der Waals surface area contributed by atoms with Gasteiger partial charge in [0.1, 0.15) is 17.3 Å². The predicted molar refractivity (Wildman–Crippen MR) is 94.0 cm³/mol. The van der Waals surface area contributed by atoms with Crippen LogP contribution in [0.15, 0.2) is 36.5 Å². The second kappa shape index (κ2) is 7.36. The van der Waals surface area contributed by atoms with Gasteiger partial charge in [-0.3, -0.25) is 10.4 Å². The van der Waals surface area contributed by atoms with E-state index in [-0.39, 0.29) is 11.5 Å². The highest BCUT2D eigenvalue weighted by molar-refractivity contribution is 5.81. The normalized spacial score (nSPS) is 13.7. The lowest BCUT2D eigenvalue weighted by molar-refractivity contribution is 0.0190. The van der Waals surface area contributed by atoms with Gasteiger partial charge < -0.3 is 15.2 Å². The number of H-pyrrole nitrogens is 1. The van der Waals surface area contributed by atoms with Crippen LogP contribution < -0.4 is 15.4 Å². The van der Waals surface area contributed by atoms with Crippen LogP contribution in [-0.2, 0) is 5.72 Å². The van der Waals surface area contributed by atoms with Gasteiger partial charge in [0.25, 0.3) is 0 Å². The molecular weight excluding hydrogens is 342 g/mol. The number of hydrogen-bond acceptors (Lipinski definition) is 5. The van der Waals surface area contributed by atoms with Crippen LogP contribution in [0.5, 0.6) is 11.5 Å². The van der Waals surface area contributed by atoms with E-state index in [1.54, 1.807) is 32.3 Å². The first-order valence-electron chi connectivity index (χ1n) is 8.13. The molecule has 1 aromatic heterocycles. The zero-order valence-corrected chi connectivity index (χ0v) is 14.4. The van der Waals surface area contributed by atoms with E-state index in [0.29, 0.717) is 24.2 Å². The summed E-state index contributed by atoms with van der Waals surface area (Å²) in [5.74, 6) is -1.42. The number of nitrogens with one attached hydrogen (secondary N) is 3. The molecule has 0 amide bonds. The summed E-state index contributed by atoms with van der Waals surface area (Å²) in [5.41, 5.74) is -0.348. The van der Waals surface area contributed by atoms with Crippen molar-refractivity contribution in [1.82, 2.24) is 20.8 Å². The van der Waals surface area contributed by atoms with Crippen molar-refractivity contribution in [2.24, 2.45) is 0 Å². The Labute approximate surface area is 149 Å². The molecule has 0 aliphatic carbocycles. The van der Waals surface area contributed by atoms with Crippen molar-refractivity contribution in [3.63, 3.8) is 0 Å². The zero-order valence-electron chi connectivity index (χ0n) is 14.4. The van der Waals surface area contributed by atoms with E-state index in [1.807, 2.05) is 0 Å². The molecule has 8 heteroatoms. The highest BCUT2D eigenvalue weighted by Crippen LogP contribution is 2.35. The molecule has 0 aliphatic rings. The van der Waals surface area contributed by atoms with Crippen LogP contribution in [0, 0.1) is 11.6 Å². The number of aromatic amines is 1. The fraction of sp³-hybridized carbons (Fsp3) is 0.278. The Kier molecular flexibility index (Phi) is 5.17. The number of fused-ring (bicyclic) bond motifs is 1. The lowest BCUT2D eigenvalue weighted by Gasteiger charge is -2.27. The van der Waals surface area contributed by atoms with Crippen molar-refractivity contribution in [3.8, 4) is 11.5 Å². The minimum Gasteiger partial charge on any atom is -0.454 e. The van der Waals surface area contributed by atoms with E-state index in [0.717, 1.165) is 17.5 Å². The molecule has 0 aliphatic heterocycles. The Morgan fingerprint density at radius 3 is 2.73 bits per heavy atom. The lowest BCUT2D eigenvalue weighted by Crippen LogP contribution is -2.42. The highest BCUT2D eigenvalue weighted by atomic mass is 19.1. The van der Waals surface area contributed by atoms with Gasteiger partial charge in [-0.15, -0.1) is 0 Å². The molecule has 6 nitrogen and oxygen atoms in total. The monoisotopic (exact) mass is 362 g/mol. The largest absolute Gasteiger partial charge is 0.454 e. The van der Waals surface area contributed by atoms with Gasteiger partial charge in [-0.05, 0) is 38.2 Å². The van der Waals surface area contributed by atoms with Crippen LogP contribution in [-0.4, -0.2) is 35.4 Å². The van der Waals surface area contributed by atoms with Crippen LogP contribution in [0.25, 0.3) is 10.9 Å². The molecule has 2 aromatic carbocycles. The first kappa shape index (κ1) is 18.2. The van der Waals surface area contributed by atoms with Gasteiger partial charge >= 0.3 is 0 Å². The van der Waals surface area contributed by atoms with Gasteiger partial charge in [-0.2, -0.15) is 5.10 Å². The first-order chi connectivity index (χ1) is 12.4. The maximum atomic E-state index is 14.0. The maximum Gasteiger partial charge on any atom is 0.168 e. The average molecular weight is 362 g/mol. The maximum absolute atomic E-state index is 14.0. The number of benzene rings is 2. The predicted octanol–water partition coefficient (Wildman–Crippen LogP) is 2.61. The molecule has 0 spiro atoms. The van der Waals surface area contributed by atoms with Gasteiger partial charge in [0.05, 0.1) is 11.7 Å². The summed E-state index contributed by atoms with van der Waals surface area (Å²) in [6.07, 6.45) is 1.59. The van der Waals surface area contributed by atoms with E-state index in [1.165, 1.54) is 6.07 Å². The summed E-state index contributed by atoms with van der Waals surface area (Å²) in [5, 5.41) is 24.4. The van der Waals surface area contributed by atoms with E-state index in [9.17, 15) is 13.9 Å². The number of aliphatic hydroxyl groups is 1. The SMILES string of the molecule is CNCCNC(C)(O)c1cc2[nH]ncc2cc1Oc1ccc(F)cc1F. The minimum atomic E-state index is -1.44. The summed E-state index contributed by atoms with van der Waals surface area (Å²) in [7, 11) is 1.80. The molecule has 3 aromatic rings. The molecule has 4 N–H and O–H groups in total. The van der Waals surface area contributed by atoms with Crippen molar-refractivity contribution >= 4 is 10.9 Å². The van der Waals surface area contributed by atoms with Crippen molar-refractivity contribution in [1.29, 1.82) is 0 Å². The summed E-state index contributed by atoms with van der Waals surface area (Å²) >= 11 is 0. The number of ether oxygens (including phenoxy) is 1. The van der Waals surface area contributed by atoms with E-state index in [4.69, 9.17) is 4.74 Å². The molecule has 0 saturated heterocycles. The zero-order chi connectivity index (χ0) is 18.7. The second-order valence-electron chi connectivity index (χ2n) is 6.08. The second-order valence-corrected chi connectivity index (χ2v) is 6.08. The molecule has 0 fully saturated rings. The number of halogens is 2. The van der Waals surface area contributed by atoms with Crippen molar-refractivity contribution in [2.45, 2.75) is 12.6 Å². The Morgan fingerprint density at radius 1 is 1.19 bits per heavy atom. The molecule has 0 radical (unpaired) electrons. The Bertz CT molecular complexity index is 911. The van der Waals surface area contributed by atoms with Gasteiger partial charge in [-0.1, -0.05) is 0 Å². The number of aromatic nitrogens is 2. The molecule has 0 saturated carbocycles. The molecule has 3 rings (SSSR count). The van der Waals surface area contributed by atoms with Gasteiger partial charge in [0, 0.05) is 30.1 Å². The Balaban J connectivity index is 2.01. The van der Waals surface area contributed by atoms with Crippen LogP contribution in [0.3, 0.4) is 0 Å². The third-order valence-electron chi connectivity index (χ3n) is 4.02. The Morgan fingerprint density at radius 2 is 2.00 bits per heavy atom. The van der Waals surface area contributed by atoms with E-state index >= 15 is 0 Å². The summed E-state index contributed by atoms with van der Waals surface area (Å²) in [6.45, 7) is 2.72. The Hall–Kier alpha value is -2.55. The van der Waals surface area contributed by atoms with Crippen LogP contribution >= 0.6 is 0 Å². The molecule has 1 atom stereocenters. The summed E-state index contributed by atoms with van der Waals surface area (Å²) in [4.78, 5) is 0. The standard InChI is InChI=1S/C18H20F2N4O2/c1-18(25,22-6-5-21-2)13-9-15-11(10-23-24-15)7-17(13)26-16-4-3-12(19)8-14(16)20/h3-4,7-10,21-22,25H,5-6H2,1-2H3,(H,23,24). The third kappa shape index (κ3) is 3.82. The third-order valence-corrected chi connectivity index (χ3v) is 4.02. The fourth-order valence-corrected chi connectivity index (χ4v) is 2.64. The van der Waals surface area contributed by atoms with E-state index < -0.39 is 17.4 Å². The number of hydrogen-bond donors (Lipinski definition) is 4. The van der Waals surface area contributed by atoms with Crippen molar-refractivity contribution < 1.29 is 18.6 Å².